The fourth-order valence-corrected chi connectivity index (χ4v) is 3.91. The number of fused-ring (bicyclic) bond motifs is 1. The smallest absolute Gasteiger partial charge is 0.447 e. The molecule has 1 heterocycles. The molecule has 0 radical (unpaired) electrons. The van der Waals surface area contributed by atoms with Crippen LogP contribution >= 0.6 is 19.9 Å². The highest BCUT2D eigenvalue weighted by Gasteiger charge is 2.24. The number of benzene rings is 2. The van der Waals surface area contributed by atoms with Crippen molar-refractivity contribution in [2.75, 3.05) is 38.8 Å². The molecule has 3 amide bonds. The Bertz CT molecular complexity index is 1340. The number of nitrogens with one attached hydrogen (secondary N) is 2. The van der Waals surface area contributed by atoms with Crippen molar-refractivity contribution >= 4 is 48.6 Å². The highest BCUT2D eigenvalue weighted by atomic mass is 35.5. The van der Waals surface area contributed by atoms with E-state index in [0.717, 1.165) is 10.8 Å². The minimum Gasteiger partial charge on any atom is -0.447 e. The van der Waals surface area contributed by atoms with Crippen molar-refractivity contribution in [3.8, 4) is 0 Å². The average Bonchev–Trinajstić information content (AvgIpc) is 2.93. The molecule has 214 valence electrons. The van der Waals surface area contributed by atoms with Crippen LogP contribution in [0.25, 0.3) is 10.8 Å². The molecule has 3 atom stereocenters. The van der Waals surface area contributed by atoms with E-state index in [9.17, 15) is 23.7 Å². The molecule has 0 spiro atoms. The first kappa shape index (κ1) is 31.1. The van der Waals surface area contributed by atoms with Gasteiger partial charge >= 0.3 is 20.4 Å². The molecule has 0 aliphatic carbocycles. The molecule has 0 fully saturated rings. The predicted molar refractivity (Wildman–Crippen MR) is 145 cm³/mol. The summed E-state index contributed by atoms with van der Waals surface area (Å²) in [7, 11) is -1.45. The lowest BCUT2D eigenvalue weighted by Gasteiger charge is -2.28. The van der Waals surface area contributed by atoms with Crippen molar-refractivity contribution < 1.29 is 42.5 Å². The van der Waals surface area contributed by atoms with E-state index in [2.05, 4.69) is 20.1 Å². The van der Waals surface area contributed by atoms with Crippen molar-refractivity contribution in [3.05, 3.63) is 71.1 Å². The third-order valence-corrected chi connectivity index (χ3v) is 6.39. The van der Waals surface area contributed by atoms with Gasteiger partial charge in [-0.15, -0.1) is 9.42 Å². The third-order valence-electron chi connectivity index (χ3n) is 5.60. The second-order valence-electron chi connectivity index (χ2n) is 8.50. The fraction of sp³-hybridized carbons (Fsp3) is 0.320. The molecule has 0 aliphatic heterocycles. The van der Waals surface area contributed by atoms with Crippen LogP contribution in [0.15, 0.2) is 54.7 Å². The molecular weight excluding hydrogens is 570 g/mol. The Labute approximate surface area is 234 Å². The standard InChI is InChI=1S/C25H27ClFN4O8P/c1-31(24(33)29-11-18-7-4-8-21(27)23(18)26)19(12-37-14-20(32)15-39-40(35)36)13-38-25(34)30-22-9-16-5-2-3-6-17(16)10-28-22/h2-10,19-20,32H,11-15H2,1H3,(H2-,28,29,30,33,34,35,36)/p+1/t19-,20+/m0/s1. The summed E-state index contributed by atoms with van der Waals surface area (Å²) in [6.07, 6.45) is -0.440. The zero-order valence-corrected chi connectivity index (χ0v) is 23.0. The van der Waals surface area contributed by atoms with Gasteiger partial charge in [0.25, 0.3) is 0 Å². The minimum atomic E-state index is -2.88. The summed E-state index contributed by atoms with van der Waals surface area (Å²) in [4.78, 5) is 39.4. The number of ether oxygens (including phenoxy) is 2. The van der Waals surface area contributed by atoms with Crippen molar-refractivity contribution in [1.82, 2.24) is 15.2 Å². The lowest BCUT2D eigenvalue weighted by Crippen LogP contribution is -2.48. The number of hydrogen-bond donors (Lipinski definition) is 4. The molecule has 0 bridgehead atoms. The van der Waals surface area contributed by atoms with Crippen LogP contribution in [0.3, 0.4) is 0 Å². The number of aliphatic hydroxyl groups excluding tert-OH is 1. The Morgan fingerprint density at radius 3 is 2.62 bits per heavy atom. The SMILES string of the molecule is CN(C(=O)NCc1cccc(F)c1Cl)[C@@H](COC[C@@H](O)CO[P+](=O)O)COC(=O)Nc1cc2ccccc2cn1. The normalized spacial score (nSPS) is 12.9. The lowest BCUT2D eigenvalue weighted by atomic mass is 10.2. The van der Waals surface area contributed by atoms with Crippen LogP contribution < -0.4 is 10.6 Å². The van der Waals surface area contributed by atoms with Crippen LogP contribution in [0.4, 0.5) is 19.8 Å². The first-order chi connectivity index (χ1) is 19.1. The van der Waals surface area contributed by atoms with Gasteiger partial charge in [0.05, 0.1) is 24.3 Å². The van der Waals surface area contributed by atoms with E-state index in [0.29, 0.717) is 5.56 Å². The zero-order valence-electron chi connectivity index (χ0n) is 21.3. The summed E-state index contributed by atoms with van der Waals surface area (Å²) in [5, 5.41) is 16.6. The Kier molecular flexibility index (Phi) is 11.9. The number of carbonyl (C=O) groups excluding carboxylic acids is 2. The summed E-state index contributed by atoms with van der Waals surface area (Å²) in [6.45, 7) is -1.30. The molecular formula is C25H28ClFN4O8P+. The number of nitrogens with zero attached hydrogens (tertiary/aromatic N) is 2. The van der Waals surface area contributed by atoms with E-state index in [1.807, 2.05) is 24.3 Å². The van der Waals surface area contributed by atoms with Crippen LogP contribution in [0.2, 0.25) is 5.02 Å². The summed E-state index contributed by atoms with van der Waals surface area (Å²) in [6, 6.07) is 11.9. The highest BCUT2D eigenvalue weighted by molar-refractivity contribution is 7.32. The predicted octanol–water partition coefficient (Wildman–Crippen LogP) is 3.83. The van der Waals surface area contributed by atoms with Crippen molar-refractivity contribution in [3.63, 3.8) is 0 Å². The molecule has 15 heteroatoms. The number of anilines is 1. The molecule has 40 heavy (non-hydrogen) atoms. The number of urea groups is 1. The van der Waals surface area contributed by atoms with Gasteiger partial charge < -0.3 is 24.8 Å². The van der Waals surface area contributed by atoms with Crippen molar-refractivity contribution in [1.29, 1.82) is 0 Å². The van der Waals surface area contributed by atoms with Gasteiger partial charge in [-0.25, -0.2) is 19.0 Å². The van der Waals surface area contributed by atoms with Gasteiger partial charge in [0.2, 0.25) is 0 Å². The van der Waals surface area contributed by atoms with Gasteiger partial charge in [0, 0.05) is 29.7 Å². The third kappa shape index (κ3) is 9.63. The molecule has 1 unspecified atom stereocenters. The fourth-order valence-electron chi connectivity index (χ4n) is 3.42. The number of aromatic nitrogens is 1. The largest absolute Gasteiger partial charge is 0.694 e. The topological polar surface area (TPSA) is 160 Å². The highest BCUT2D eigenvalue weighted by Crippen LogP contribution is 2.20. The summed E-state index contributed by atoms with van der Waals surface area (Å²) < 4.78 is 39.5. The molecule has 0 aliphatic rings. The summed E-state index contributed by atoms with van der Waals surface area (Å²) in [5.74, 6) is -0.360. The molecule has 1 aromatic heterocycles. The molecule has 3 rings (SSSR count). The van der Waals surface area contributed by atoms with Gasteiger partial charge in [0.15, 0.2) is 0 Å². The Hall–Kier alpha value is -3.45. The van der Waals surface area contributed by atoms with Gasteiger partial charge in [-0.1, -0.05) is 48.0 Å². The number of amides is 3. The minimum absolute atomic E-state index is 0.0717. The number of rotatable bonds is 13. The van der Waals surface area contributed by atoms with E-state index in [1.165, 1.54) is 24.1 Å². The van der Waals surface area contributed by atoms with Crippen LogP contribution in [-0.2, 0) is 25.1 Å². The van der Waals surface area contributed by atoms with Crippen molar-refractivity contribution in [2.24, 2.45) is 0 Å². The number of hydrogen-bond acceptors (Lipinski definition) is 8. The van der Waals surface area contributed by atoms with Crippen LogP contribution in [-0.4, -0.2) is 77.6 Å². The first-order valence-corrected chi connectivity index (χ1v) is 13.4. The van der Waals surface area contributed by atoms with E-state index < -0.39 is 44.9 Å². The Morgan fingerprint density at radius 1 is 1.12 bits per heavy atom. The number of aliphatic hydroxyl groups is 1. The molecule has 2 aromatic carbocycles. The Balaban J connectivity index is 1.59. The second-order valence-corrected chi connectivity index (χ2v) is 9.61. The number of carbonyl (C=O) groups is 2. The van der Waals surface area contributed by atoms with E-state index in [1.54, 1.807) is 18.3 Å². The van der Waals surface area contributed by atoms with Crippen molar-refractivity contribution in [2.45, 2.75) is 18.7 Å². The molecule has 0 saturated carbocycles. The summed E-state index contributed by atoms with van der Waals surface area (Å²) >= 11 is 5.95. The van der Waals surface area contributed by atoms with E-state index in [-0.39, 0.29) is 37.2 Å². The van der Waals surface area contributed by atoms with Gasteiger partial charge in [-0.2, -0.15) is 0 Å². The maximum Gasteiger partial charge on any atom is 0.694 e. The Morgan fingerprint density at radius 2 is 1.88 bits per heavy atom. The monoisotopic (exact) mass is 597 g/mol. The second kappa shape index (κ2) is 15.4. The number of pyridine rings is 1. The molecule has 12 nitrogen and oxygen atoms in total. The number of halogens is 2. The van der Waals surface area contributed by atoms with Crippen LogP contribution in [0.5, 0.6) is 0 Å². The quantitative estimate of drug-likeness (QED) is 0.215. The molecule has 4 N–H and O–H groups in total. The van der Waals surface area contributed by atoms with Gasteiger partial charge in [0.1, 0.15) is 31.0 Å². The summed E-state index contributed by atoms with van der Waals surface area (Å²) in [5.41, 5.74) is 0.361. The maximum absolute atomic E-state index is 13.7. The van der Waals surface area contributed by atoms with Gasteiger partial charge in [-0.3, -0.25) is 5.32 Å². The first-order valence-electron chi connectivity index (χ1n) is 11.9. The lowest BCUT2D eigenvalue weighted by molar-refractivity contribution is -0.0118. The van der Waals surface area contributed by atoms with Gasteiger partial charge in [-0.05, 0) is 23.1 Å². The molecule has 3 aromatic rings. The van der Waals surface area contributed by atoms with Crippen LogP contribution in [0.1, 0.15) is 5.56 Å². The average molecular weight is 598 g/mol. The molecule has 0 saturated heterocycles. The van der Waals surface area contributed by atoms with E-state index in [4.69, 9.17) is 26.0 Å². The van der Waals surface area contributed by atoms with Crippen LogP contribution in [0, 0.1) is 5.82 Å². The zero-order chi connectivity index (χ0) is 29.1. The number of likely N-dealkylation sites (N-methyl/N-ethyl adjacent to an activating group) is 1. The van der Waals surface area contributed by atoms with E-state index >= 15 is 0 Å². The maximum atomic E-state index is 13.7.